The van der Waals surface area contributed by atoms with Gasteiger partial charge in [0.1, 0.15) is 0 Å². The van der Waals surface area contributed by atoms with Crippen LogP contribution in [0.2, 0.25) is 0 Å². The fraction of sp³-hybridized carbons (Fsp3) is 0.0909. The number of carboxylic acids is 1. The fourth-order valence-electron chi connectivity index (χ4n) is 1.37. The van der Waals surface area contributed by atoms with E-state index in [4.69, 9.17) is 5.11 Å². The van der Waals surface area contributed by atoms with Gasteiger partial charge >= 0.3 is 5.97 Å². The standard InChI is InChI=1S/C11H10N4O2/c1-8-12-13-14-15(8)10(11(16)17)7-9-5-3-2-4-6-9/h2-7H,1H3,(H,16,17)/b10-7+. The van der Waals surface area contributed by atoms with Crippen LogP contribution in [0.4, 0.5) is 0 Å². The number of carboxylic acid groups (broad SMARTS) is 1. The molecule has 2 rings (SSSR count). The summed E-state index contributed by atoms with van der Waals surface area (Å²) < 4.78 is 1.19. The molecule has 1 aromatic heterocycles. The van der Waals surface area contributed by atoms with E-state index in [0.717, 1.165) is 5.56 Å². The summed E-state index contributed by atoms with van der Waals surface area (Å²) in [6.07, 6.45) is 1.52. The number of aliphatic carboxylic acids is 1. The lowest BCUT2D eigenvalue weighted by Gasteiger charge is -2.02. The van der Waals surface area contributed by atoms with Crippen LogP contribution in [0.1, 0.15) is 11.4 Å². The van der Waals surface area contributed by atoms with Gasteiger partial charge in [-0.1, -0.05) is 30.3 Å². The van der Waals surface area contributed by atoms with Crippen LogP contribution in [0, 0.1) is 6.92 Å². The Morgan fingerprint density at radius 2 is 2.06 bits per heavy atom. The third-order valence-corrected chi connectivity index (χ3v) is 2.18. The summed E-state index contributed by atoms with van der Waals surface area (Å²) in [6.45, 7) is 1.64. The van der Waals surface area contributed by atoms with Gasteiger partial charge in [0, 0.05) is 0 Å². The molecule has 1 heterocycles. The minimum absolute atomic E-state index is 0.0127. The molecule has 1 N–H and O–H groups in total. The van der Waals surface area contributed by atoms with Gasteiger partial charge in [0.25, 0.3) is 0 Å². The first-order valence-corrected chi connectivity index (χ1v) is 4.94. The fourth-order valence-corrected chi connectivity index (χ4v) is 1.37. The summed E-state index contributed by atoms with van der Waals surface area (Å²) in [5.41, 5.74) is 0.790. The first-order valence-electron chi connectivity index (χ1n) is 4.94. The molecule has 17 heavy (non-hydrogen) atoms. The number of hydrogen-bond acceptors (Lipinski definition) is 4. The maximum atomic E-state index is 11.2. The molecule has 2 aromatic rings. The molecule has 0 saturated carbocycles. The van der Waals surface area contributed by atoms with Gasteiger partial charge in [-0.05, 0) is 29.0 Å². The molecule has 0 aliphatic rings. The Morgan fingerprint density at radius 1 is 1.35 bits per heavy atom. The van der Waals surface area contributed by atoms with Crippen molar-refractivity contribution >= 4 is 17.7 Å². The smallest absolute Gasteiger partial charge is 0.354 e. The molecule has 0 spiro atoms. The molecule has 0 atom stereocenters. The zero-order valence-electron chi connectivity index (χ0n) is 9.11. The molecule has 0 unspecified atom stereocenters. The van der Waals surface area contributed by atoms with Crippen molar-refractivity contribution in [3.8, 4) is 0 Å². The molecule has 0 aliphatic heterocycles. The minimum atomic E-state index is -1.08. The largest absolute Gasteiger partial charge is 0.477 e. The van der Waals surface area contributed by atoms with Gasteiger partial charge in [-0.2, -0.15) is 4.68 Å². The zero-order chi connectivity index (χ0) is 12.3. The molecule has 6 heteroatoms. The van der Waals surface area contributed by atoms with E-state index < -0.39 is 5.97 Å². The lowest BCUT2D eigenvalue weighted by atomic mass is 10.2. The Hall–Kier alpha value is -2.50. The molecule has 1 aromatic carbocycles. The lowest BCUT2D eigenvalue weighted by molar-refractivity contribution is -0.130. The molecule has 0 aliphatic carbocycles. The summed E-state index contributed by atoms with van der Waals surface area (Å²) in [6, 6.07) is 9.14. The normalized spacial score (nSPS) is 11.5. The van der Waals surface area contributed by atoms with Crippen molar-refractivity contribution in [1.29, 1.82) is 0 Å². The third-order valence-electron chi connectivity index (χ3n) is 2.18. The number of carbonyl (C=O) groups is 1. The monoisotopic (exact) mass is 230 g/mol. The van der Waals surface area contributed by atoms with Crippen LogP contribution in [0.15, 0.2) is 30.3 Å². The summed E-state index contributed by atoms with van der Waals surface area (Å²) in [7, 11) is 0. The second kappa shape index (κ2) is 4.56. The van der Waals surface area contributed by atoms with E-state index in [0.29, 0.717) is 5.82 Å². The van der Waals surface area contributed by atoms with E-state index in [2.05, 4.69) is 15.5 Å². The van der Waals surface area contributed by atoms with Crippen LogP contribution < -0.4 is 0 Å². The Morgan fingerprint density at radius 3 is 2.59 bits per heavy atom. The predicted molar refractivity (Wildman–Crippen MR) is 60.8 cm³/mol. The number of aromatic nitrogens is 4. The van der Waals surface area contributed by atoms with Crippen LogP contribution in [0.25, 0.3) is 11.8 Å². The average molecular weight is 230 g/mol. The Bertz CT molecular complexity index is 560. The van der Waals surface area contributed by atoms with Crippen molar-refractivity contribution in [1.82, 2.24) is 20.2 Å². The quantitative estimate of drug-likeness (QED) is 0.797. The van der Waals surface area contributed by atoms with Crippen molar-refractivity contribution in [3.05, 3.63) is 41.7 Å². The topological polar surface area (TPSA) is 80.9 Å². The number of aryl methyl sites for hydroxylation is 1. The summed E-state index contributed by atoms with van der Waals surface area (Å²) >= 11 is 0. The molecular weight excluding hydrogens is 220 g/mol. The van der Waals surface area contributed by atoms with E-state index in [-0.39, 0.29) is 5.70 Å². The van der Waals surface area contributed by atoms with Crippen molar-refractivity contribution in [3.63, 3.8) is 0 Å². The second-order valence-corrected chi connectivity index (χ2v) is 3.38. The second-order valence-electron chi connectivity index (χ2n) is 3.38. The van der Waals surface area contributed by atoms with Gasteiger partial charge in [0.15, 0.2) is 11.5 Å². The molecule has 0 saturated heterocycles. The van der Waals surface area contributed by atoms with E-state index in [1.807, 2.05) is 30.3 Å². The first-order chi connectivity index (χ1) is 8.18. The highest BCUT2D eigenvalue weighted by molar-refractivity contribution is 6.14. The summed E-state index contributed by atoms with van der Waals surface area (Å²) in [5.74, 6) is -0.654. The molecule has 0 fully saturated rings. The number of nitrogens with zero attached hydrogens (tertiary/aromatic N) is 4. The van der Waals surface area contributed by atoms with E-state index in [1.54, 1.807) is 6.92 Å². The SMILES string of the molecule is Cc1nnnn1/C(=C/c1ccccc1)C(=O)O. The van der Waals surface area contributed by atoms with Gasteiger partial charge in [-0.15, -0.1) is 5.10 Å². The number of hydrogen-bond donors (Lipinski definition) is 1. The van der Waals surface area contributed by atoms with Crippen LogP contribution in [0.5, 0.6) is 0 Å². The van der Waals surface area contributed by atoms with E-state index >= 15 is 0 Å². The molecule has 0 bridgehead atoms. The zero-order valence-corrected chi connectivity index (χ0v) is 9.11. The van der Waals surface area contributed by atoms with E-state index in [1.165, 1.54) is 10.8 Å². The van der Waals surface area contributed by atoms with Gasteiger partial charge in [0.2, 0.25) is 0 Å². The summed E-state index contributed by atoms with van der Waals surface area (Å²) in [5, 5.41) is 19.9. The molecule has 6 nitrogen and oxygen atoms in total. The average Bonchev–Trinajstić information content (AvgIpc) is 2.73. The van der Waals surface area contributed by atoms with Crippen molar-refractivity contribution in [2.45, 2.75) is 6.92 Å². The molecule has 86 valence electrons. The molecule has 0 radical (unpaired) electrons. The van der Waals surface area contributed by atoms with Gasteiger partial charge in [0.05, 0.1) is 0 Å². The first kappa shape index (κ1) is 11.0. The number of rotatable bonds is 3. The third kappa shape index (κ3) is 2.36. The molecule has 0 amide bonds. The molecular formula is C11H10N4O2. The van der Waals surface area contributed by atoms with Crippen molar-refractivity contribution in [2.75, 3.05) is 0 Å². The van der Waals surface area contributed by atoms with Crippen molar-refractivity contribution < 1.29 is 9.90 Å². The van der Waals surface area contributed by atoms with Gasteiger partial charge < -0.3 is 5.11 Å². The Kier molecular flexibility index (Phi) is 2.95. The number of tetrazole rings is 1. The Balaban J connectivity index is 2.48. The van der Waals surface area contributed by atoms with Crippen LogP contribution in [0.3, 0.4) is 0 Å². The van der Waals surface area contributed by atoms with Gasteiger partial charge in [-0.3, -0.25) is 0 Å². The number of benzene rings is 1. The van der Waals surface area contributed by atoms with Gasteiger partial charge in [-0.25, -0.2) is 4.79 Å². The van der Waals surface area contributed by atoms with Crippen LogP contribution in [-0.2, 0) is 4.79 Å². The minimum Gasteiger partial charge on any atom is -0.477 e. The predicted octanol–water partition coefficient (Wildman–Crippen LogP) is 1.06. The summed E-state index contributed by atoms with van der Waals surface area (Å²) in [4.78, 5) is 11.2. The maximum Gasteiger partial charge on any atom is 0.354 e. The highest BCUT2D eigenvalue weighted by Crippen LogP contribution is 2.11. The highest BCUT2D eigenvalue weighted by Gasteiger charge is 2.14. The highest BCUT2D eigenvalue weighted by atomic mass is 16.4. The lowest BCUT2D eigenvalue weighted by Crippen LogP contribution is -2.10. The van der Waals surface area contributed by atoms with Crippen LogP contribution >= 0.6 is 0 Å². The van der Waals surface area contributed by atoms with Crippen LogP contribution in [-0.4, -0.2) is 31.3 Å². The maximum absolute atomic E-state index is 11.2. The van der Waals surface area contributed by atoms with E-state index in [9.17, 15) is 4.79 Å². The Labute approximate surface area is 97.2 Å². The van der Waals surface area contributed by atoms with Crippen molar-refractivity contribution in [2.24, 2.45) is 0 Å².